The standard InChI is InChI=1S/C22H30N4O2/c1-27-19-10-11-21(28-2)20(14-19)25-22(23)24-15-17-8-4-5-9-18(17)16-26-12-6-3-7-13-26/h4-5,8-11,14H,3,6-7,12-13,15-16H2,1-2H3,(H3,23,24,25). The van der Waals surface area contributed by atoms with Gasteiger partial charge in [0.15, 0.2) is 5.96 Å². The minimum atomic E-state index is 0.347. The van der Waals surface area contributed by atoms with Crippen LogP contribution in [0.4, 0.5) is 5.69 Å². The number of nitrogens with zero attached hydrogens (tertiary/aromatic N) is 2. The van der Waals surface area contributed by atoms with Crippen LogP contribution in [0.15, 0.2) is 47.5 Å². The fourth-order valence-electron chi connectivity index (χ4n) is 3.48. The van der Waals surface area contributed by atoms with Crippen LogP contribution in [0, 0.1) is 0 Å². The molecule has 1 aliphatic rings. The third kappa shape index (κ3) is 5.39. The molecular weight excluding hydrogens is 352 g/mol. The van der Waals surface area contributed by atoms with Crippen molar-refractivity contribution in [1.29, 1.82) is 0 Å². The number of nitrogens with one attached hydrogen (secondary N) is 1. The van der Waals surface area contributed by atoms with Crippen molar-refractivity contribution in [2.45, 2.75) is 32.4 Å². The van der Waals surface area contributed by atoms with E-state index in [9.17, 15) is 0 Å². The minimum absolute atomic E-state index is 0.347. The first-order chi connectivity index (χ1) is 13.7. The molecule has 28 heavy (non-hydrogen) atoms. The molecule has 0 aliphatic carbocycles. The molecule has 3 rings (SSSR count). The smallest absolute Gasteiger partial charge is 0.193 e. The Balaban J connectivity index is 1.68. The van der Waals surface area contributed by atoms with Crippen molar-refractivity contribution in [3.63, 3.8) is 0 Å². The second-order valence-electron chi connectivity index (χ2n) is 7.00. The van der Waals surface area contributed by atoms with Gasteiger partial charge >= 0.3 is 0 Å². The molecule has 1 saturated heterocycles. The number of methoxy groups -OCH3 is 2. The van der Waals surface area contributed by atoms with Crippen molar-refractivity contribution in [2.24, 2.45) is 10.7 Å². The Hall–Kier alpha value is -2.73. The number of benzene rings is 2. The summed E-state index contributed by atoms with van der Waals surface area (Å²) in [6.45, 7) is 3.87. The van der Waals surface area contributed by atoms with Crippen molar-refractivity contribution >= 4 is 11.6 Å². The van der Waals surface area contributed by atoms with Gasteiger partial charge in [-0.2, -0.15) is 0 Å². The maximum atomic E-state index is 6.14. The van der Waals surface area contributed by atoms with Gasteiger partial charge in [-0.3, -0.25) is 4.90 Å². The highest BCUT2D eigenvalue weighted by Crippen LogP contribution is 2.28. The molecule has 2 aromatic carbocycles. The number of guanidine groups is 1. The second-order valence-corrected chi connectivity index (χ2v) is 7.00. The van der Waals surface area contributed by atoms with Crippen LogP contribution in [0.25, 0.3) is 0 Å². The van der Waals surface area contributed by atoms with Gasteiger partial charge in [0, 0.05) is 12.6 Å². The van der Waals surface area contributed by atoms with Crippen molar-refractivity contribution in [3.8, 4) is 11.5 Å². The highest BCUT2D eigenvalue weighted by Gasteiger charge is 2.12. The molecule has 0 radical (unpaired) electrons. The topological polar surface area (TPSA) is 72.1 Å². The van der Waals surface area contributed by atoms with Gasteiger partial charge in [-0.15, -0.1) is 0 Å². The van der Waals surface area contributed by atoms with E-state index < -0.39 is 0 Å². The molecule has 0 atom stereocenters. The van der Waals surface area contributed by atoms with Crippen LogP contribution in [0.3, 0.4) is 0 Å². The Labute approximate surface area is 167 Å². The molecule has 1 heterocycles. The summed E-state index contributed by atoms with van der Waals surface area (Å²) in [6, 6.07) is 14.0. The Morgan fingerprint density at radius 1 is 1.04 bits per heavy atom. The van der Waals surface area contributed by atoms with Crippen LogP contribution in [0.5, 0.6) is 11.5 Å². The van der Waals surface area contributed by atoms with Gasteiger partial charge in [-0.1, -0.05) is 30.7 Å². The predicted molar refractivity (Wildman–Crippen MR) is 114 cm³/mol. The van der Waals surface area contributed by atoms with E-state index in [2.05, 4.69) is 39.5 Å². The molecule has 0 spiro atoms. The summed E-state index contributed by atoms with van der Waals surface area (Å²) in [6.07, 6.45) is 3.93. The molecule has 6 heteroatoms. The van der Waals surface area contributed by atoms with E-state index in [1.165, 1.54) is 43.5 Å². The van der Waals surface area contributed by atoms with Gasteiger partial charge in [0.05, 0.1) is 26.5 Å². The lowest BCUT2D eigenvalue weighted by Crippen LogP contribution is -2.29. The van der Waals surface area contributed by atoms with E-state index in [-0.39, 0.29) is 0 Å². The number of anilines is 1. The summed E-state index contributed by atoms with van der Waals surface area (Å²) in [5.41, 5.74) is 9.39. The van der Waals surface area contributed by atoms with Crippen LogP contribution < -0.4 is 20.5 Å². The number of hydrogen-bond donors (Lipinski definition) is 2. The predicted octanol–water partition coefficient (Wildman–Crippen LogP) is 3.62. The lowest BCUT2D eigenvalue weighted by atomic mass is 10.1. The average Bonchev–Trinajstić information content (AvgIpc) is 2.74. The summed E-state index contributed by atoms with van der Waals surface area (Å²) in [5.74, 6) is 1.76. The minimum Gasteiger partial charge on any atom is -0.497 e. The van der Waals surface area contributed by atoms with E-state index in [4.69, 9.17) is 15.2 Å². The Morgan fingerprint density at radius 3 is 2.50 bits per heavy atom. The van der Waals surface area contributed by atoms with Crippen LogP contribution in [-0.2, 0) is 13.1 Å². The fraction of sp³-hybridized carbons (Fsp3) is 0.409. The number of aliphatic imine (C=N–C) groups is 1. The fourth-order valence-corrected chi connectivity index (χ4v) is 3.48. The van der Waals surface area contributed by atoms with Crippen LogP contribution >= 0.6 is 0 Å². The Morgan fingerprint density at radius 2 is 1.79 bits per heavy atom. The maximum Gasteiger partial charge on any atom is 0.193 e. The number of ether oxygens (including phenoxy) is 2. The zero-order valence-corrected chi connectivity index (χ0v) is 16.8. The number of piperidine rings is 1. The zero-order valence-electron chi connectivity index (χ0n) is 16.8. The van der Waals surface area contributed by atoms with Gasteiger partial charge in [0.2, 0.25) is 0 Å². The average molecular weight is 383 g/mol. The molecular formula is C22H30N4O2. The molecule has 0 amide bonds. The van der Waals surface area contributed by atoms with Gasteiger partial charge in [-0.05, 0) is 49.2 Å². The van der Waals surface area contributed by atoms with Gasteiger partial charge in [0.25, 0.3) is 0 Å². The third-order valence-corrected chi connectivity index (χ3v) is 5.05. The lowest BCUT2D eigenvalue weighted by molar-refractivity contribution is 0.220. The number of hydrogen-bond acceptors (Lipinski definition) is 4. The van der Waals surface area contributed by atoms with Crippen molar-refractivity contribution in [3.05, 3.63) is 53.6 Å². The molecule has 1 fully saturated rings. The first-order valence-corrected chi connectivity index (χ1v) is 9.77. The van der Waals surface area contributed by atoms with Crippen molar-refractivity contribution in [1.82, 2.24) is 4.90 Å². The molecule has 0 bridgehead atoms. The highest BCUT2D eigenvalue weighted by atomic mass is 16.5. The van der Waals surface area contributed by atoms with Crippen LogP contribution in [0.1, 0.15) is 30.4 Å². The van der Waals surface area contributed by atoms with Crippen molar-refractivity contribution < 1.29 is 9.47 Å². The lowest BCUT2D eigenvalue weighted by Gasteiger charge is -2.27. The first-order valence-electron chi connectivity index (χ1n) is 9.77. The summed E-state index contributed by atoms with van der Waals surface area (Å²) in [5, 5.41) is 3.12. The maximum absolute atomic E-state index is 6.14. The largest absolute Gasteiger partial charge is 0.497 e. The van der Waals surface area contributed by atoms with Crippen LogP contribution in [0.2, 0.25) is 0 Å². The molecule has 0 unspecified atom stereocenters. The molecule has 1 aliphatic heterocycles. The molecule has 2 aromatic rings. The van der Waals surface area contributed by atoms with E-state index >= 15 is 0 Å². The summed E-state index contributed by atoms with van der Waals surface area (Å²) >= 11 is 0. The first kappa shape index (κ1) is 20.0. The van der Waals surface area contributed by atoms with E-state index in [0.29, 0.717) is 18.3 Å². The quantitative estimate of drug-likeness (QED) is 0.565. The van der Waals surface area contributed by atoms with Crippen molar-refractivity contribution in [2.75, 3.05) is 32.6 Å². The summed E-state index contributed by atoms with van der Waals surface area (Å²) in [4.78, 5) is 7.07. The van der Waals surface area contributed by atoms with Gasteiger partial charge in [-0.25, -0.2) is 4.99 Å². The number of nitrogens with two attached hydrogens (primary N) is 1. The summed E-state index contributed by atoms with van der Waals surface area (Å²) < 4.78 is 10.7. The molecule has 3 N–H and O–H groups in total. The Bertz CT molecular complexity index is 801. The molecule has 0 saturated carbocycles. The number of rotatable bonds is 7. The third-order valence-electron chi connectivity index (χ3n) is 5.05. The van der Waals surface area contributed by atoms with Gasteiger partial charge < -0.3 is 20.5 Å². The normalized spacial score (nSPS) is 15.3. The monoisotopic (exact) mass is 382 g/mol. The molecule has 6 nitrogen and oxygen atoms in total. The van der Waals surface area contributed by atoms with E-state index in [0.717, 1.165) is 18.0 Å². The molecule has 0 aromatic heterocycles. The Kier molecular flexibility index (Phi) is 7.14. The SMILES string of the molecule is COc1ccc(OC)c(NC(N)=NCc2ccccc2CN2CCCCC2)c1. The van der Waals surface area contributed by atoms with E-state index in [1.807, 2.05) is 18.2 Å². The molecule has 150 valence electrons. The van der Waals surface area contributed by atoms with E-state index in [1.54, 1.807) is 14.2 Å². The summed E-state index contributed by atoms with van der Waals surface area (Å²) in [7, 11) is 3.25. The zero-order chi connectivity index (χ0) is 19.8. The number of likely N-dealkylation sites (tertiary alicyclic amines) is 1. The second kappa shape index (κ2) is 9.99. The highest BCUT2D eigenvalue weighted by molar-refractivity contribution is 5.94. The van der Waals surface area contributed by atoms with Crippen LogP contribution in [-0.4, -0.2) is 38.2 Å². The van der Waals surface area contributed by atoms with Gasteiger partial charge in [0.1, 0.15) is 11.5 Å².